The van der Waals surface area contributed by atoms with Gasteiger partial charge in [0, 0.05) is 5.56 Å². The molecule has 2 aromatic rings. The molecule has 4 aliphatic carbocycles. The van der Waals surface area contributed by atoms with Gasteiger partial charge in [0.1, 0.15) is 0 Å². The summed E-state index contributed by atoms with van der Waals surface area (Å²) in [6, 6.07) is 13.6. The van der Waals surface area contributed by atoms with Gasteiger partial charge in [0.25, 0.3) is 5.91 Å². The van der Waals surface area contributed by atoms with Crippen molar-refractivity contribution in [2.75, 3.05) is 10.2 Å². The van der Waals surface area contributed by atoms with E-state index in [1.165, 1.54) is 4.90 Å². The number of benzene rings is 2. The second kappa shape index (κ2) is 6.29. The summed E-state index contributed by atoms with van der Waals surface area (Å²) in [6.07, 6.45) is 5.47. The maximum absolute atomic E-state index is 13.2. The molecule has 1 aliphatic heterocycles. The van der Waals surface area contributed by atoms with Gasteiger partial charge in [0.15, 0.2) is 0 Å². The highest BCUT2D eigenvalue weighted by molar-refractivity contribution is 6.34. The van der Waals surface area contributed by atoms with Crippen molar-refractivity contribution in [2.45, 2.75) is 6.42 Å². The Kier molecular flexibility index (Phi) is 3.75. The third-order valence-electron chi connectivity index (χ3n) is 7.17. The van der Waals surface area contributed by atoms with E-state index in [0.717, 1.165) is 6.42 Å². The summed E-state index contributed by atoms with van der Waals surface area (Å²) in [7, 11) is 0. The first kappa shape index (κ1) is 17.9. The minimum Gasteiger partial charge on any atom is -0.321 e. The second-order valence-electron chi connectivity index (χ2n) is 8.65. The van der Waals surface area contributed by atoms with E-state index < -0.39 is 0 Å². The molecule has 2 bridgehead atoms. The molecule has 0 aromatic heterocycles. The number of hydrogen-bond acceptors (Lipinski definition) is 3. The molecule has 1 saturated heterocycles. The molecule has 3 amide bonds. The van der Waals surface area contributed by atoms with E-state index in [1.807, 2.05) is 0 Å². The fraction of sp³-hybridized carbons (Fsp3) is 0.292. The van der Waals surface area contributed by atoms with Crippen LogP contribution in [0.5, 0.6) is 0 Å². The van der Waals surface area contributed by atoms with Crippen LogP contribution in [0.4, 0.5) is 11.4 Å². The summed E-state index contributed by atoms with van der Waals surface area (Å²) in [4.78, 5) is 40.2. The Morgan fingerprint density at radius 2 is 1.50 bits per heavy atom. The predicted octanol–water partition coefficient (Wildman–Crippen LogP) is 4.15. The van der Waals surface area contributed by atoms with Crippen molar-refractivity contribution < 1.29 is 14.4 Å². The monoisotopic (exact) mass is 418 g/mol. The van der Waals surface area contributed by atoms with Crippen LogP contribution in [0.3, 0.4) is 0 Å². The number of rotatable bonds is 3. The molecular weight excluding hydrogens is 400 g/mol. The Labute approximate surface area is 178 Å². The van der Waals surface area contributed by atoms with Crippen LogP contribution in [-0.4, -0.2) is 17.7 Å². The zero-order chi connectivity index (χ0) is 20.6. The van der Waals surface area contributed by atoms with E-state index in [0.29, 0.717) is 33.8 Å². The van der Waals surface area contributed by atoms with Crippen molar-refractivity contribution in [3.05, 3.63) is 71.3 Å². The molecule has 30 heavy (non-hydrogen) atoms. The van der Waals surface area contributed by atoms with Gasteiger partial charge in [-0.15, -0.1) is 0 Å². The third kappa shape index (κ3) is 2.45. The Morgan fingerprint density at radius 3 is 2.10 bits per heavy atom. The molecule has 2 saturated carbocycles. The Balaban J connectivity index is 1.24. The van der Waals surface area contributed by atoms with Crippen molar-refractivity contribution in [3.63, 3.8) is 0 Å². The summed E-state index contributed by atoms with van der Waals surface area (Å²) in [5.74, 6) is 0.622. The van der Waals surface area contributed by atoms with Crippen LogP contribution in [0.15, 0.2) is 60.7 Å². The SMILES string of the molecule is O=C(Nc1ccccc1Cl)c1ccc(N2C(=O)[C@H]3[C@@H]4C=C[C@@H]([C@H]5C[C@H]45)[C@@H]3C2=O)cc1. The number of halogens is 1. The van der Waals surface area contributed by atoms with Gasteiger partial charge in [-0.2, -0.15) is 0 Å². The average Bonchev–Trinajstić information content (AvgIpc) is 3.53. The molecule has 0 spiro atoms. The highest BCUT2D eigenvalue weighted by Gasteiger charge is 2.67. The number of amides is 3. The number of allylic oxidation sites excluding steroid dienone is 2. The minimum absolute atomic E-state index is 0.0945. The Bertz CT molecular complexity index is 1090. The van der Waals surface area contributed by atoms with Crippen molar-refractivity contribution in [2.24, 2.45) is 35.5 Å². The molecule has 7 rings (SSSR count). The lowest BCUT2D eigenvalue weighted by atomic mass is 9.63. The average molecular weight is 419 g/mol. The second-order valence-corrected chi connectivity index (χ2v) is 9.05. The fourth-order valence-corrected chi connectivity index (χ4v) is 5.91. The molecule has 150 valence electrons. The van der Waals surface area contributed by atoms with Gasteiger partial charge in [0.2, 0.25) is 11.8 Å². The molecule has 6 atom stereocenters. The highest BCUT2D eigenvalue weighted by atomic mass is 35.5. The van der Waals surface area contributed by atoms with Crippen LogP contribution < -0.4 is 10.2 Å². The van der Waals surface area contributed by atoms with Crippen LogP contribution in [0, 0.1) is 35.5 Å². The lowest BCUT2D eigenvalue weighted by Gasteiger charge is -2.37. The first-order valence-electron chi connectivity index (χ1n) is 10.3. The summed E-state index contributed by atoms with van der Waals surface area (Å²) < 4.78 is 0. The molecule has 5 aliphatic rings. The maximum atomic E-state index is 13.2. The van der Waals surface area contributed by atoms with E-state index >= 15 is 0 Å². The standard InChI is InChI=1S/C24H19ClN2O3/c25-18-3-1-2-4-19(18)26-22(28)12-5-7-13(8-6-12)27-23(29)20-14-9-10-15(17-11-16(14)17)21(20)24(27)30/h1-10,14-17,20-21H,11H2,(H,26,28)/t14-,15+,16-,17-,20+,21+/m1/s1. The molecule has 0 unspecified atom stereocenters. The van der Waals surface area contributed by atoms with E-state index in [9.17, 15) is 14.4 Å². The molecule has 6 heteroatoms. The highest BCUT2D eigenvalue weighted by Crippen LogP contribution is 2.65. The zero-order valence-electron chi connectivity index (χ0n) is 16.0. The van der Waals surface area contributed by atoms with E-state index in [-0.39, 0.29) is 41.4 Å². The van der Waals surface area contributed by atoms with Gasteiger partial charge in [0.05, 0.1) is 28.2 Å². The summed E-state index contributed by atoms with van der Waals surface area (Å²) >= 11 is 6.10. The van der Waals surface area contributed by atoms with Gasteiger partial charge >= 0.3 is 0 Å². The van der Waals surface area contributed by atoms with E-state index in [1.54, 1.807) is 48.5 Å². The first-order valence-corrected chi connectivity index (χ1v) is 10.6. The molecule has 1 N–H and O–H groups in total. The Morgan fingerprint density at radius 1 is 0.900 bits per heavy atom. The number of anilines is 2. The topological polar surface area (TPSA) is 66.5 Å². The van der Waals surface area contributed by atoms with Gasteiger partial charge < -0.3 is 5.32 Å². The number of para-hydroxylation sites is 1. The zero-order valence-corrected chi connectivity index (χ0v) is 16.8. The lowest BCUT2D eigenvalue weighted by Crippen LogP contribution is -2.40. The largest absolute Gasteiger partial charge is 0.321 e. The number of imide groups is 1. The van der Waals surface area contributed by atoms with Crippen molar-refractivity contribution in [3.8, 4) is 0 Å². The molecule has 3 fully saturated rings. The van der Waals surface area contributed by atoms with Gasteiger partial charge in [-0.05, 0) is 66.5 Å². The summed E-state index contributed by atoms with van der Waals surface area (Å²) in [5, 5.41) is 3.23. The van der Waals surface area contributed by atoms with Crippen LogP contribution in [-0.2, 0) is 9.59 Å². The van der Waals surface area contributed by atoms with Crippen LogP contribution >= 0.6 is 11.6 Å². The molecule has 0 radical (unpaired) electrons. The minimum atomic E-state index is -0.301. The van der Waals surface area contributed by atoms with Crippen LogP contribution in [0.25, 0.3) is 0 Å². The Hall–Kier alpha value is -2.92. The molecular formula is C24H19ClN2O3. The third-order valence-corrected chi connectivity index (χ3v) is 7.50. The number of nitrogens with zero attached hydrogens (tertiary/aromatic N) is 1. The fourth-order valence-electron chi connectivity index (χ4n) is 5.73. The van der Waals surface area contributed by atoms with Gasteiger partial charge in [-0.1, -0.05) is 35.9 Å². The molecule has 1 heterocycles. The maximum Gasteiger partial charge on any atom is 0.255 e. The van der Waals surface area contributed by atoms with Gasteiger partial charge in [-0.3, -0.25) is 19.3 Å². The van der Waals surface area contributed by atoms with Gasteiger partial charge in [-0.25, -0.2) is 0 Å². The molecule has 5 nitrogen and oxygen atoms in total. The predicted molar refractivity (Wildman–Crippen MR) is 113 cm³/mol. The van der Waals surface area contributed by atoms with Crippen molar-refractivity contribution in [1.29, 1.82) is 0 Å². The number of hydrogen-bond donors (Lipinski definition) is 1. The molecule has 2 aromatic carbocycles. The smallest absolute Gasteiger partial charge is 0.255 e. The van der Waals surface area contributed by atoms with Crippen LogP contribution in [0.1, 0.15) is 16.8 Å². The number of carbonyl (C=O) groups excluding carboxylic acids is 3. The summed E-state index contributed by atoms with van der Waals surface area (Å²) in [5.41, 5.74) is 1.49. The first-order chi connectivity index (χ1) is 14.5. The normalized spacial score (nSPS) is 32.8. The number of carbonyl (C=O) groups is 3. The van der Waals surface area contributed by atoms with E-state index in [4.69, 9.17) is 11.6 Å². The van der Waals surface area contributed by atoms with Crippen molar-refractivity contribution >= 4 is 40.7 Å². The number of nitrogens with one attached hydrogen (secondary N) is 1. The van der Waals surface area contributed by atoms with Crippen molar-refractivity contribution in [1.82, 2.24) is 0 Å². The van der Waals surface area contributed by atoms with Crippen LogP contribution in [0.2, 0.25) is 5.02 Å². The summed E-state index contributed by atoms with van der Waals surface area (Å²) in [6.45, 7) is 0. The van der Waals surface area contributed by atoms with E-state index in [2.05, 4.69) is 17.5 Å². The quantitative estimate of drug-likeness (QED) is 0.601. The lowest BCUT2D eigenvalue weighted by molar-refractivity contribution is -0.124.